The van der Waals surface area contributed by atoms with Crippen molar-refractivity contribution in [3.8, 4) is 0 Å². The van der Waals surface area contributed by atoms with Crippen LogP contribution in [-0.4, -0.2) is 34.1 Å². The van der Waals surface area contributed by atoms with E-state index in [2.05, 4.69) is 5.10 Å². The van der Waals surface area contributed by atoms with E-state index in [-0.39, 0.29) is 0 Å². The largest absolute Gasteiger partial charge is 0.477 e. The zero-order valence-electron chi connectivity index (χ0n) is 11.1. The van der Waals surface area contributed by atoms with Gasteiger partial charge in [-0.15, -0.1) is 0 Å². The number of carbonyl (C=O) groups is 1. The number of rotatable bonds is 4. The first-order valence-corrected chi connectivity index (χ1v) is 7.15. The fourth-order valence-corrected chi connectivity index (χ4v) is 3.04. The molecule has 0 aromatic carbocycles. The molecule has 104 valence electrons. The van der Waals surface area contributed by atoms with Gasteiger partial charge in [0, 0.05) is 13.2 Å². The van der Waals surface area contributed by atoms with E-state index >= 15 is 0 Å². The van der Waals surface area contributed by atoms with Crippen LogP contribution in [0.1, 0.15) is 31.5 Å². The summed E-state index contributed by atoms with van der Waals surface area (Å²) in [5, 5.41) is 14.5. The summed E-state index contributed by atoms with van der Waals surface area (Å²) in [7, 11) is 0. The molecule has 0 amide bonds. The van der Waals surface area contributed by atoms with Crippen molar-refractivity contribution in [3.05, 3.63) is 22.7 Å². The van der Waals surface area contributed by atoms with E-state index in [4.69, 9.17) is 9.84 Å². The highest BCUT2D eigenvalue weighted by atomic mass is 32.2. The van der Waals surface area contributed by atoms with Crippen LogP contribution in [0.3, 0.4) is 0 Å². The van der Waals surface area contributed by atoms with Crippen molar-refractivity contribution < 1.29 is 14.6 Å². The third-order valence-corrected chi connectivity index (χ3v) is 4.19. The molecule has 5 nitrogen and oxygen atoms in total. The average Bonchev–Trinajstić information content (AvgIpc) is 2.77. The summed E-state index contributed by atoms with van der Waals surface area (Å²) in [6, 6.07) is 2.24. The van der Waals surface area contributed by atoms with Crippen LogP contribution >= 0.6 is 11.8 Å². The lowest BCUT2D eigenvalue weighted by atomic mass is 10.1. The second-order valence-corrected chi connectivity index (χ2v) is 5.53. The smallest absolute Gasteiger partial charge is 0.342 e. The highest BCUT2D eigenvalue weighted by Crippen LogP contribution is 2.32. The fraction of sp³-hybridized carbons (Fsp3) is 0.538. The number of hydrogen-bond acceptors (Lipinski definition) is 4. The van der Waals surface area contributed by atoms with Gasteiger partial charge in [-0.2, -0.15) is 5.10 Å². The van der Waals surface area contributed by atoms with Crippen LogP contribution in [0.25, 0.3) is 0 Å². The summed E-state index contributed by atoms with van der Waals surface area (Å²) < 4.78 is 7.31. The lowest BCUT2D eigenvalue weighted by molar-refractivity contribution is -0.131. The number of ether oxygens (including phenoxy) is 1. The summed E-state index contributed by atoms with van der Waals surface area (Å²) in [5.41, 5.74) is 0.912. The van der Waals surface area contributed by atoms with Crippen molar-refractivity contribution in [2.75, 3.05) is 13.2 Å². The molecule has 0 aliphatic carbocycles. The van der Waals surface area contributed by atoms with Crippen molar-refractivity contribution >= 4 is 17.7 Å². The molecule has 1 fully saturated rings. The third-order valence-electron chi connectivity index (χ3n) is 3.05. The van der Waals surface area contributed by atoms with Gasteiger partial charge in [-0.1, -0.05) is 17.8 Å². The molecule has 0 radical (unpaired) electrons. The van der Waals surface area contributed by atoms with E-state index in [0.717, 1.165) is 36.8 Å². The zero-order valence-corrected chi connectivity index (χ0v) is 11.9. The monoisotopic (exact) mass is 282 g/mol. The number of aryl methyl sites for hydroxylation is 1. The minimum atomic E-state index is -0.898. The van der Waals surface area contributed by atoms with Gasteiger partial charge >= 0.3 is 5.97 Å². The van der Waals surface area contributed by atoms with Gasteiger partial charge in [0.1, 0.15) is 0 Å². The predicted molar refractivity (Wildman–Crippen MR) is 73.3 cm³/mol. The summed E-state index contributed by atoms with van der Waals surface area (Å²) in [4.78, 5) is 11.4. The van der Waals surface area contributed by atoms with Crippen LogP contribution in [0.4, 0.5) is 0 Å². The molecule has 0 atom stereocenters. The van der Waals surface area contributed by atoms with E-state index in [1.165, 1.54) is 11.8 Å². The van der Waals surface area contributed by atoms with Crippen LogP contribution in [0.2, 0.25) is 0 Å². The SMILES string of the molecule is C/C=C(\Sc1cc(C)nn1C1CCOCC1)C(=O)O. The van der Waals surface area contributed by atoms with Crippen molar-refractivity contribution in [3.63, 3.8) is 0 Å². The maximum Gasteiger partial charge on any atom is 0.342 e. The normalized spacial score (nSPS) is 17.7. The average molecular weight is 282 g/mol. The Balaban J connectivity index is 2.22. The van der Waals surface area contributed by atoms with Gasteiger partial charge < -0.3 is 9.84 Å². The van der Waals surface area contributed by atoms with Crippen molar-refractivity contribution in [2.24, 2.45) is 0 Å². The molecular weight excluding hydrogens is 264 g/mol. The van der Waals surface area contributed by atoms with Gasteiger partial charge in [0.2, 0.25) is 0 Å². The number of aromatic nitrogens is 2. The van der Waals surface area contributed by atoms with Crippen LogP contribution in [-0.2, 0) is 9.53 Å². The molecule has 1 saturated heterocycles. The van der Waals surface area contributed by atoms with Crippen LogP contribution in [0.15, 0.2) is 22.1 Å². The molecule has 2 rings (SSSR count). The quantitative estimate of drug-likeness (QED) is 0.679. The number of carboxylic acid groups (broad SMARTS) is 1. The molecule has 2 heterocycles. The minimum absolute atomic E-state index is 0.303. The predicted octanol–water partition coefficient (Wildman–Crippen LogP) is 2.62. The van der Waals surface area contributed by atoms with Crippen LogP contribution in [0, 0.1) is 6.92 Å². The Hall–Kier alpha value is -1.27. The molecule has 1 aliphatic heterocycles. The standard InChI is InChI=1S/C13H18N2O3S/c1-3-11(13(16)17)19-12-8-9(2)14-15(12)10-4-6-18-7-5-10/h3,8,10H,4-7H2,1-2H3,(H,16,17)/b11-3-. The number of aliphatic carboxylic acids is 1. The fourth-order valence-electron chi connectivity index (χ4n) is 2.10. The van der Waals surface area contributed by atoms with Gasteiger partial charge in [-0.05, 0) is 32.8 Å². The lowest BCUT2D eigenvalue weighted by Gasteiger charge is -2.24. The molecule has 19 heavy (non-hydrogen) atoms. The Kier molecular flexibility index (Phi) is 4.66. The molecule has 1 aromatic heterocycles. The molecule has 0 bridgehead atoms. The topological polar surface area (TPSA) is 64.4 Å². The minimum Gasteiger partial charge on any atom is -0.477 e. The van der Waals surface area contributed by atoms with E-state index in [0.29, 0.717) is 10.9 Å². The number of thioether (sulfide) groups is 1. The van der Waals surface area contributed by atoms with Crippen molar-refractivity contribution in [1.29, 1.82) is 0 Å². The Morgan fingerprint density at radius 1 is 1.58 bits per heavy atom. The second kappa shape index (κ2) is 6.25. The van der Waals surface area contributed by atoms with Gasteiger partial charge in [0.05, 0.1) is 21.7 Å². The summed E-state index contributed by atoms with van der Waals surface area (Å²) in [6.07, 6.45) is 3.46. The van der Waals surface area contributed by atoms with E-state index in [1.54, 1.807) is 13.0 Å². The molecule has 1 aromatic rings. The summed E-state index contributed by atoms with van der Waals surface area (Å²) >= 11 is 1.26. The zero-order chi connectivity index (χ0) is 13.8. The van der Waals surface area contributed by atoms with E-state index < -0.39 is 5.97 Å². The molecular formula is C13H18N2O3S. The first-order valence-electron chi connectivity index (χ1n) is 6.33. The Labute approximate surface area is 116 Å². The molecule has 1 aliphatic rings. The molecule has 6 heteroatoms. The van der Waals surface area contributed by atoms with E-state index in [9.17, 15) is 4.79 Å². The van der Waals surface area contributed by atoms with Crippen molar-refractivity contribution in [1.82, 2.24) is 9.78 Å². The molecule has 0 spiro atoms. The molecule has 0 unspecified atom stereocenters. The highest BCUT2D eigenvalue weighted by Gasteiger charge is 2.21. The van der Waals surface area contributed by atoms with Gasteiger partial charge in [0.25, 0.3) is 0 Å². The number of allylic oxidation sites excluding steroid dienone is 1. The first kappa shape index (κ1) is 14.1. The Bertz CT molecular complexity index is 490. The number of hydrogen-bond donors (Lipinski definition) is 1. The maximum absolute atomic E-state index is 11.1. The lowest BCUT2D eigenvalue weighted by Crippen LogP contribution is -2.21. The summed E-state index contributed by atoms with van der Waals surface area (Å²) in [6.45, 7) is 5.14. The van der Waals surface area contributed by atoms with Gasteiger partial charge in [-0.25, -0.2) is 4.79 Å². The maximum atomic E-state index is 11.1. The third kappa shape index (κ3) is 3.39. The second-order valence-electron chi connectivity index (χ2n) is 4.47. The molecule has 0 saturated carbocycles. The number of carboxylic acids is 1. The van der Waals surface area contributed by atoms with Gasteiger partial charge in [0.15, 0.2) is 0 Å². The van der Waals surface area contributed by atoms with E-state index in [1.807, 2.05) is 17.7 Å². The summed E-state index contributed by atoms with van der Waals surface area (Å²) in [5.74, 6) is -0.898. The van der Waals surface area contributed by atoms with Gasteiger partial charge in [-0.3, -0.25) is 4.68 Å². The Morgan fingerprint density at radius 3 is 2.84 bits per heavy atom. The number of nitrogens with zero attached hydrogens (tertiary/aromatic N) is 2. The van der Waals surface area contributed by atoms with Crippen LogP contribution in [0.5, 0.6) is 0 Å². The van der Waals surface area contributed by atoms with Crippen molar-refractivity contribution in [2.45, 2.75) is 37.8 Å². The first-order chi connectivity index (χ1) is 9.11. The Morgan fingerprint density at radius 2 is 2.26 bits per heavy atom. The van der Waals surface area contributed by atoms with Crippen LogP contribution < -0.4 is 0 Å². The molecule has 1 N–H and O–H groups in total. The highest BCUT2D eigenvalue weighted by molar-refractivity contribution is 8.03.